The smallest absolute Gasteiger partial charge is 0.138 e. The molecule has 2 nitrogen and oxygen atoms in total. The molecular formula is C22H17BrCl2N2. The van der Waals surface area contributed by atoms with Gasteiger partial charge in [0.2, 0.25) is 0 Å². The van der Waals surface area contributed by atoms with E-state index in [0.717, 1.165) is 49.8 Å². The number of aryl methyl sites for hydroxylation is 2. The maximum Gasteiger partial charge on any atom is 0.138 e. The Morgan fingerprint density at radius 1 is 0.963 bits per heavy atom. The summed E-state index contributed by atoms with van der Waals surface area (Å²) in [5.74, 6) is 0. The van der Waals surface area contributed by atoms with Crippen molar-refractivity contribution in [2.75, 3.05) is 0 Å². The minimum Gasteiger partial charge on any atom is -0.299 e. The summed E-state index contributed by atoms with van der Waals surface area (Å²) < 4.78 is 3.32. The van der Waals surface area contributed by atoms with E-state index < -0.39 is 0 Å². The molecule has 0 aliphatic heterocycles. The predicted octanol–water partition coefficient (Wildman–Crippen LogP) is 7.28. The van der Waals surface area contributed by atoms with Gasteiger partial charge in [-0.05, 0) is 71.2 Å². The molecule has 0 bridgehead atoms. The molecule has 2 aromatic heterocycles. The lowest BCUT2D eigenvalue weighted by molar-refractivity contribution is 0.972. The number of halogens is 3. The second kappa shape index (κ2) is 7.31. The molecule has 0 N–H and O–H groups in total. The van der Waals surface area contributed by atoms with E-state index in [9.17, 15) is 0 Å². The van der Waals surface area contributed by atoms with Crippen LogP contribution in [0.4, 0.5) is 0 Å². The first kappa shape index (κ1) is 18.5. The zero-order chi connectivity index (χ0) is 19.1. The van der Waals surface area contributed by atoms with Gasteiger partial charge < -0.3 is 0 Å². The topological polar surface area (TPSA) is 17.3 Å². The molecule has 0 radical (unpaired) electrons. The molecule has 27 heavy (non-hydrogen) atoms. The van der Waals surface area contributed by atoms with Crippen LogP contribution in [0.5, 0.6) is 0 Å². The van der Waals surface area contributed by atoms with E-state index in [1.807, 2.05) is 42.5 Å². The molecule has 2 heterocycles. The molecule has 136 valence electrons. The Bertz CT molecular complexity index is 1150. The van der Waals surface area contributed by atoms with Crippen molar-refractivity contribution in [3.8, 4) is 11.3 Å². The van der Waals surface area contributed by atoms with Crippen LogP contribution in [-0.4, -0.2) is 9.38 Å². The Balaban J connectivity index is 1.98. The number of aromatic nitrogens is 2. The van der Waals surface area contributed by atoms with Gasteiger partial charge in [0.25, 0.3) is 0 Å². The third kappa shape index (κ3) is 3.52. The summed E-state index contributed by atoms with van der Waals surface area (Å²) in [5.41, 5.74) is 7.54. The molecular weight excluding hydrogens is 443 g/mol. The molecule has 0 aliphatic rings. The van der Waals surface area contributed by atoms with Crippen molar-refractivity contribution >= 4 is 44.8 Å². The van der Waals surface area contributed by atoms with E-state index in [1.54, 1.807) is 0 Å². The first-order valence-electron chi connectivity index (χ1n) is 8.61. The fourth-order valence-corrected chi connectivity index (χ4v) is 4.06. The van der Waals surface area contributed by atoms with Crippen LogP contribution in [0.25, 0.3) is 16.9 Å². The lowest BCUT2D eigenvalue weighted by atomic mass is 10.0. The van der Waals surface area contributed by atoms with Crippen LogP contribution in [0.1, 0.15) is 22.5 Å². The number of benzene rings is 2. The van der Waals surface area contributed by atoms with Crippen molar-refractivity contribution in [1.29, 1.82) is 0 Å². The summed E-state index contributed by atoms with van der Waals surface area (Å²) in [6.07, 6.45) is 0.732. The zero-order valence-electron chi connectivity index (χ0n) is 14.9. The number of hydrogen-bond acceptors (Lipinski definition) is 1. The van der Waals surface area contributed by atoms with Crippen molar-refractivity contribution in [2.45, 2.75) is 20.3 Å². The first-order valence-corrected chi connectivity index (χ1v) is 10.2. The fourth-order valence-electron chi connectivity index (χ4n) is 3.43. The Morgan fingerprint density at radius 2 is 1.70 bits per heavy atom. The molecule has 0 saturated heterocycles. The van der Waals surface area contributed by atoms with E-state index in [4.69, 9.17) is 28.2 Å². The SMILES string of the molecule is Cc1cc2nc(-c3ccc(Cl)cc3)c(Cc3cccc(Cl)c3)n2c(C)c1Br. The van der Waals surface area contributed by atoms with Crippen LogP contribution in [0.3, 0.4) is 0 Å². The summed E-state index contributed by atoms with van der Waals surface area (Å²) in [6, 6.07) is 17.9. The molecule has 0 aliphatic carbocycles. The van der Waals surface area contributed by atoms with Gasteiger partial charge in [0.15, 0.2) is 0 Å². The molecule has 0 amide bonds. The third-order valence-electron chi connectivity index (χ3n) is 4.72. The first-order chi connectivity index (χ1) is 12.9. The van der Waals surface area contributed by atoms with Gasteiger partial charge in [0.1, 0.15) is 5.65 Å². The quantitative estimate of drug-likeness (QED) is 0.314. The molecule has 5 heteroatoms. The third-order valence-corrected chi connectivity index (χ3v) is 6.41. The second-order valence-corrected chi connectivity index (χ2v) is 8.31. The second-order valence-electron chi connectivity index (χ2n) is 6.64. The zero-order valence-corrected chi connectivity index (χ0v) is 18.0. The van der Waals surface area contributed by atoms with Crippen LogP contribution < -0.4 is 0 Å². The molecule has 4 aromatic rings. The van der Waals surface area contributed by atoms with Crippen molar-refractivity contribution < 1.29 is 0 Å². The molecule has 0 unspecified atom stereocenters. The highest BCUT2D eigenvalue weighted by Gasteiger charge is 2.18. The van der Waals surface area contributed by atoms with E-state index in [-0.39, 0.29) is 0 Å². The number of pyridine rings is 1. The van der Waals surface area contributed by atoms with Crippen LogP contribution in [-0.2, 0) is 6.42 Å². The number of fused-ring (bicyclic) bond motifs is 1. The number of nitrogens with zero attached hydrogens (tertiary/aromatic N) is 2. The Morgan fingerprint density at radius 3 is 2.41 bits per heavy atom. The summed E-state index contributed by atoms with van der Waals surface area (Å²) in [4.78, 5) is 4.96. The maximum absolute atomic E-state index is 6.21. The summed E-state index contributed by atoms with van der Waals surface area (Å²) in [6.45, 7) is 4.20. The lowest BCUT2D eigenvalue weighted by Crippen LogP contribution is -2.01. The van der Waals surface area contributed by atoms with Crippen molar-refractivity contribution in [1.82, 2.24) is 9.38 Å². The number of rotatable bonds is 3. The highest BCUT2D eigenvalue weighted by atomic mass is 79.9. The predicted molar refractivity (Wildman–Crippen MR) is 117 cm³/mol. The van der Waals surface area contributed by atoms with E-state index in [0.29, 0.717) is 5.02 Å². The van der Waals surface area contributed by atoms with Crippen molar-refractivity contribution in [3.63, 3.8) is 0 Å². The van der Waals surface area contributed by atoms with Gasteiger partial charge in [0.05, 0.1) is 11.4 Å². The molecule has 4 rings (SSSR count). The largest absolute Gasteiger partial charge is 0.299 e. The number of hydrogen-bond donors (Lipinski definition) is 0. The molecule has 0 saturated carbocycles. The normalized spacial score (nSPS) is 11.3. The summed E-state index contributed by atoms with van der Waals surface area (Å²) >= 11 is 16.0. The fraction of sp³-hybridized carbons (Fsp3) is 0.136. The highest BCUT2D eigenvalue weighted by Crippen LogP contribution is 2.32. The van der Waals surface area contributed by atoms with Crippen molar-refractivity contribution in [3.05, 3.63) is 91.6 Å². The van der Waals surface area contributed by atoms with Crippen LogP contribution in [0.15, 0.2) is 59.1 Å². The van der Waals surface area contributed by atoms with Gasteiger partial charge in [-0.1, -0.05) is 47.5 Å². The molecule has 0 fully saturated rings. The van der Waals surface area contributed by atoms with Crippen LogP contribution in [0.2, 0.25) is 10.0 Å². The monoisotopic (exact) mass is 458 g/mol. The van der Waals surface area contributed by atoms with Gasteiger partial charge >= 0.3 is 0 Å². The Hall–Kier alpha value is -1.81. The Labute approximate surface area is 176 Å². The van der Waals surface area contributed by atoms with Crippen molar-refractivity contribution in [2.24, 2.45) is 0 Å². The van der Waals surface area contributed by atoms with Gasteiger partial charge in [-0.25, -0.2) is 4.98 Å². The minimum atomic E-state index is 0.716. The molecule has 2 aromatic carbocycles. The number of imidazole rings is 1. The highest BCUT2D eigenvalue weighted by molar-refractivity contribution is 9.10. The standard InChI is InChI=1S/C22H17BrCl2N2/c1-13-10-20-26-22(16-6-8-17(24)9-7-16)19(27(20)14(2)21(13)23)12-15-4-3-5-18(25)11-15/h3-11H,12H2,1-2H3. The summed E-state index contributed by atoms with van der Waals surface area (Å²) in [5, 5.41) is 1.46. The van der Waals surface area contributed by atoms with Gasteiger partial charge in [-0.2, -0.15) is 0 Å². The molecule has 0 atom stereocenters. The average molecular weight is 460 g/mol. The maximum atomic E-state index is 6.21. The van der Waals surface area contributed by atoms with Crippen LogP contribution in [0, 0.1) is 13.8 Å². The Kier molecular flexibility index (Phi) is 5.02. The van der Waals surface area contributed by atoms with E-state index >= 15 is 0 Å². The minimum absolute atomic E-state index is 0.716. The van der Waals surface area contributed by atoms with Crippen LogP contribution >= 0.6 is 39.1 Å². The van der Waals surface area contributed by atoms with Gasteiger partial charge in [0, 0.05) is 32.2 Å². The molecule has 0 spiro atoms. The summed E-state index contributed by atoms with van der Waals surface area (Å²) in [7, 11) is 0. The lowest BCUT2D eigenvalue weighted by Gasteiger charge is -2.11. The average Bonchev–Trinajstić information content (AvgIpc) is 2.98. The van der Waals surface area contributed by atoms with Gasteiger partial charge in [-0.3, -0.25) is 4.40 Å². The van der Waals surface area contributed by atoms with E-state index in [1.165, 1.54) is 5.56 Å². The van der Waals surface area contributed by atoms with Gasteiger partial charge in [-0.15, -0.1) is 0 Å². The van der Waals surface area contributed by atoms with E-state index in [2.05, 4.69) is 46.3 Å².